The Kier molecular flexibility index (Phi) is 7.66. The molecule has 26 heavy (non-hydrogen) atoms. The third kappa shape index (κ3) is 5.90. The van der Waals surface area contributed by atoms with E-state index in [0.29, 0.717) is 6.04 Å². The average Bonchev–Trinajstić information content (AvgIpc) is 2.66. The molecule has 3 rings (SSSR count). The van der Waals surface area contributed by atoms with Crippen molar-refractivity contribution in [3.8, 4) is 0 Å². The second-order valence-electron chi connectivity index (χ2n) is 7.88. The van der Waals surface area contributed by atoms with E-state index in [1.165, 1.54) is 50.8 Å². The summed E-state index contributed by atoms with van der Waals surface area (Å²) >= 11 is 0. The van der Waals surface area contributed by atoms with Crippen LogP contribution in [0.1, 0.15) is 44.1 Å². The van der Waals surface area contributed by atoms with Crippen molar-refractivity contribution < 1.29 is 9.50 Å². The van der Waals surface area contributed by atoms with Crippen molar-refractivity contribution in [2.24, 2.45) is 5.92 Å². The summed E-state index contributed by atoms with van der Waals surface area (Å²) in [5.74, 6) is 0.665. The van der Waals surface area contributed by atoms with Gasteiger partial charge in [0.1, 0.15) is 5.82 Å². The molecule has 1 atom stereocenters. The monoisotopic (exact) mass is 360 g/mol. The van der Waals surface area contributed by atoms with Crippen LogP contribution in [-0.4, -0.2) is 60.3 Å². The molecular formula is C22H33FN2O. The SMILES string of the molecule is OCC[C@@H]1CN(C/C=C/c2ccc(F)cc2)CCN1CC1CCCCC1. The van der Waals surface area contributed by atoms with Gasteiger partial charge in [0.15, 0.2) is 0 Å². The topological polar surface area (TPSA) is 26.7 Å². The summed E-state index contributed by atoms with van der Waals surface area (Å²) in [6.45, 7) is 5.61. The van der Waals surface area contributed by atoms with E-state index in [9.17, 15) is 9.50 Å². The molecule has 2 aliphatic rings. The summed E-state index contributed by atoms with van der Waals surface area (Å²) in [4.78, 5) is 5.10. The Morgan fingerprint density at radius 1 is 1.08 bits per heavy atom. The summed E-state index contributed by atoms with van der Waals surface area (Å²) in [7, 11) is 0. The highest BCUT2D eigenvalue weighted by Gasteiger charge is 2.28. The molecular weight excluding hydrogens is 327 g/mol. The smallest absolute Gasteiger partial charge is 0.123 e. The normalized spacial score (nSPS) is 23.7. The molecule has 1 aliphatic carbocycles. The van der Waals surface area contributed by atoms with Crippen molar-refractivity contribution in [1.82, 2.24) is 9.80 Å². The Morgan fingerprint density at radius 3 is 2.58 bits per heavy atom. The van der Waals surface area contributed by atoms with Crippen LogP contribution in [0.15, 0.2) is 30.3 Å². The highest BCUT2D eigenvalue weighted by atomic mass is 19.1. The molecule has 1 aliphatic heterocycles. The number of halogens is 1. The number of aliphatic hydroxyl groups is 1. The van der Waals surface area contributed by atoms with Crippen LogP contribution in [0.2, 0.25) is 0 Å². The average molecular weight is 361 g/mol. The lowest BCUT2D eigenvalue weighted by Crippen LogP contribution is -2.54. The minimum absolute atomic E-state index is 0.192. The fourth-order valence-corrected chi connectivity index (χ4v) is 4.40. The first-order valence-electron chi connectivity index (χ1n) is 10.2. The van der Waals surface area contributed by atoms with Crippen LogP contribution in [0.5, 0.6) is 0 Å². The van der Waals surface area contributed by atoms with Crippen LogP contribution in [-0.2, 0) is 0 Å². The van der Waals surface area contributed by atoms with E-state index in [1.807, 2.05) is 12.1 Å². The number of aliphatic hydroxyl groups excluding tert-OH is 1. The molecule has 2 fully saturated rings. The van der Waals surface area contributed by atoms with E-state index in [4.69, 9.17) is 0 Å². The Morgan fingerprint density at radius 2 is 1.85 bits per heavy atom. The first-order chi connectivity index (χ1) is 12.7. The molecule has 0 radical (unpaired) electrons. The highest BCUT2D eigenvalue weighted by Crippen LogP contribution is 2.26. The molecule has 3 nitrogen and oxygen atoms in total. The molecule has 1 heterocycles. The van der Waals surface area contributed by atoms with Gasteiger partial charge in [0, 0.05) is 45.4 Å². The number of hydrogen-bond acceptors (Lipinski definition) is 3. The third-order valence-corrected chi connectivity index (χ3v) is 5.91. The quantitative estimate of drug-likeness (QED) is 0.801. The standard InChI is InChI=1S/C22H33FN2O/c23-21-10-8-19(9-11-21)7-4-13-24-14-15-25(22(18-24)12-16-26)17-20-5-2-1-3-6-20/h4,7-11,20,22,26H,1-3,5-6,12-18H2/b7-4+/t22-/m1/s1. The zero-order valence-corrected chi connectivity index (χ0v) is 15.8. The Labute approximate surface area is 157 Å². The van der Waals surface area contributed by atoms with Gasteiger partial charge in [-0.1, -0.05) is 43.5 Å². The molecule has 0 aromatic heterocycles. The zero-order valence-electron chi connectivity index (χ0n) is 15.8. The maximum atomic E-state index is 13.0. The number of rotatable bonds is 7. The number of nitrogens with zero attached hydrogens (tertiary/aromatic N) is 2. The molecule has 1 saturated heterocycles. The van der Waals surface area contributed by atoms with Gasteiger partial charge in [-0.3, -0.25) is 9.80 Å². The van der Waals surface area contributed by atoms with Crippen LogP contribution >= 0.6 is 0 Å². The van der Waals surface area contributed by atoms with Gasteiger partial charge in [-0.25, -0.2) is 4.39 Å². The Hall–Kier alpha value is -1.23. The van der Waals surface area contributed by atoms with Crippen molar-refractivity contribution in [3.05, 3.63) is 41.7 Å². The second kappa shape index (κ2) is 10.2. The summed E-state index contributed by atoms with van der Waals surface area (Å²) in [6.07, 6.45) is 12.1. The van der Waals surface area contributed by atoms with Gasteiger partial charge in [0.2, 0.25) is 0 Å². The van der Waals surface area contributed by atoms with E-state index in [2.05, 4.69) is 22.0 Å². The number of benzene rings is 1. The largest absolute Gasteiger partial charge is 0.396 e. The molecule has 0 amide bonds. The summed E-state index contributed by atoms with van der Waals surface area (Å²) in [6, 6.07) is 7.09. The molecule has 0 spiro atoms. The summed E-state index contributed by atoms with van der Waals surface area (Å²) < 4.78 is 13.0. The Balaban J connectivity index is 1.49. The molecule has 0 unspecified atom stereocenters. The maximum Gasteiger partial charge on any atom is 0.123 e. The van der Waals surface area contributed by atoms with Gasteiger partial charge in [-0.05, 0) is 42.9 Å². The zero-order chi connectivity index (χ0) is 18.2. The molecule has 144 valence electrons. The molecule has 4 heteroatoms. The van der Waals surface area contributed by atoms with E-state index < -0.39 is 0 Å². The Bertz CT molecular complexity index is 554. The molecule has 1 N–H and O–H groups in total. The number of hydrogen-bond donors (Lipinski definition) is 1. The van der Waals surface area contributed by atoms with E-state index >= 15 is 0 Å². The van der Waals surface area contributed by atoms with Gasteiger partial charge in [-0.15, -0.1) is 0 Å². The van der Waals surface area contributed by atoms with Crippen molar-refractivity contribution in [2.45, 2.75) is 44.6 Å². The molecule has 1 aromatic rings. The lowest BCUT2D eigenvalue weighted by molar-refractivity contribution is 0.0485. The summed E-state index contributed by atoms with van der Waals surface area (Å²) in [5.41, 5.74) is 1.04. The minimum atomic E-state index is -0.192. The fourth-order valence-electron chi connectivity index (χ4n) is 4.40. The van der Waals surface area contributed by atoms with Crippen LogP contribution in [0.4, 0.5) is 4.39 Å². The van der Waals surface area contributed by atoms with Crippen LogP contribution in [0.25, 0.3) is 6.08 Å². The van der Waals surface area contributed by atoms with Gasteiger partial charge < -0.3 is 5.11 Å². The van der Waals surface area contributed by atoms with E-state index in [-0.39, 0.29) is 12.4 Å². The molecule has 1 aromatic carbocycles. The minimum Gasteiger partial charge on any atom is -0.396 e. The van der Waals surface area contributed by atoms with Gasteiger partial charge >= 0.3 is 0 Å². The van der Waals surface area contributed by atoms with Crippen LogP contribution < -0.4 is 0 Å². The predicted octanol–water partition coefficient (Wildman–Crippen LogP) is 3.79. The number of piperazine rings is 1. The maximum absolute atomic E-state index is 13.0. The highest BCUT2D eigenvalue weighted by molar-refractivity contribution is 5.48. The van der Waals surface area contributed by atoms with Crippen LogP contribution in [0, 0.1) is 11.7 Å². The first-order valence-corrected chi connectivity index (χ1v) is 10.2. The van der Waals surface area contributed by atoms with Gasteiger partial charge in [0.05, 0.1) is 0 Å². The lowest BCUT2D eigenvalue weighted by Gasteiger charge is -2.43. The molecule has 1 saturated carbocycles. The summed E-state index contributed by atoms with van der Waals surface area (Å²) in [5, 5.41) is 9.49. The van der Waals surface area contributed by atoms with E-state index in [1.54, 1.807) is 0 Å². The van der Waals surface area contributed by atoms with Gasteiger partial charge in [-0.2, -0.15) is 0 Å². The third-order valence-electron chi connectivity index (χ3n) is 5.91. The van der Waals surface area contributed by atoms with Crippen molar-refractivity contribution >= 4 is 6.08 Å². The lowest BCUT2D eigenvalue weighted by atomic mass is 9.88. The predicted molar refractivity (Wildman–Crippen MR) is 106 cm³/mol. The first kappa shape index (κ1) is 19.5. The van der Waals surface area contributed by atoms with Crippen LogP contribution in [0.3, 0.4) is 0 Å². The van der Waals surface area contributed by atoms with Crippen molar-refractivity contribution in [2.75, 3.05) is 39.3 Å². The van der Waals surface area contributed by atoms with Crippen molar-refractivity contribution in [3.63, 3.8) is 0 Å². The van der Waals surface area contributed by atoms with E-state index in [0.717, 1.165) is 44.1 Å². The van der Waals surface area contributed by atoms with Crippen molar-refractivity contribution in [1.29, 1.82) is 0 Å². The fraction of sp³-hybridized carbons (Fsp3) is 0.636. The molecule has 0 bridgehead atoms. The second-order valence-corrected chi connectivity index (χ2v) is 7.88. The van der Waals surface area contributed by atoms with Gasteiger partial charge in [0.25, 0.3) is 0 Å².